The van der Waals surface area contributed by atoms with Crippen LogP contribution in [-0.2, 0) is 0 Å². The molecular weight excluding hydrogens is 231 g/mol. The van der Waals surface area contributed by atoms with E-state index >= 15 is 0 Å². The van der Waals surface area contributed by atoms with E-state index in [2.05, 4.69) is 5.32 Å². The average molecular weight is 247 g/mol. The van der Waals surface area contributed by atoms with Gasteiger partial charge in [0.1, 0.15) is 5.75 Å². The van der Waals surface area contributed by atoms with E-state index in [1.807, 2.05) is 18.2 Å². The molecule has 1 aromatic rings. The quantitative estimate of drug-likeness (QED) is 0.834. The van der Waals surface area contributed by atoms with Gasteiger partial charge in [-0.05, 0) is 25.6 Å². The fraction of sp³-hybridized carbons (Fsp3) is 0.500. The van der Waals surface area contributed by atoms with Gasteiger partial charge in [-0.1, -0.05) is 18.2 Å². The van der Waals surface area contributed by atoms with E-state index in [9.17, 15) is 13.2 Å². The van der Waals surface area contributed by atoms with Crippen molar-refractivity contribution in [3.8, 4) is 5.75 Å². The summed E-state index contributed by atoms with van der Waals surface area (Å²) in [5.41, 5.74) is 0. The number of hydrogen-bond donors (Lipinski definition) is 1. The van der Waals surface area contributed by atoms with Crippen LogP contribution in [-0.4, -0.2) is 25.9 Å². The van der Waals surface area contributed by atoms with Crippen molar-refractivity contribution in [2.75, 3.05) is 13.7 Å². The number of para-hydroxylation sites is 1. The van der Waals surface area contributed by atoms with Crippen molar-refractivity contribution >= 4 is 0 Å². The zero-order chi connectivity index (χ0) is 12.7. The Labute approximate surface area is 98.8 Å². The van der Waals surface area contributed by atoms with E-state index in [4.69, 9.17) is 4.74 Å². The van der Waals surface area contributed by atoms with Crippen LogP contribution in [0.25, 0.3) is 0 Å². The van der Waals surface area contributed by atoms with Gasteiger partial charge in [-0.3, -0.25) is 0 Å². The second kappa shape index (κ2) is 6.49. The maximum absolute atomic E-state index is 12.2. The molecule has 0 radical (unpaired) electrons. The third kappa shape index (κ3) is 6.16. The molecule has 0 saturated heterocycles. The minimum atomic E-state index is -4.14. The lowest BCUT2D eigenvalue weighted by atomic mass is 10.1. The highest BCUT2D eigenvalue weighted by molar-refractivity contribution is 5.20. The summed E-state index contributed by atoms with van der Waals surface area (Å²) in [5.74, 6) is 0.675. The summed E-state index contributed by atoms with van der Waals surface area (Å²) in [4.78, 5) is 0. The van der Waals surface area contributed by atoms with Crippen LogP contribution in [0.15, 0.2) is 30.3 Å². The van der Waals surface area contributed by atoms with Crippen molar-refractivity contribution in [3.63, 3.8) is 0 Å². The van der Waals surface area contributed by atoms with Gasteiger partial charge in [0.05, 0.1) is 13.0 Å². The van der Waals surface area contributed by atoms with Gasteiger partial charge in [-0.2, -0.15) is 13.2 Å². The van der Waals surface area contributed by atoms with E-state index in [1.165, 1.54) is 7.05 Å². The molecule has 0 aromatic heterocycles. The molecule has 0 spiro atoms. The van der Waals surface area contributed by atoms with E-state index < -0.39 is 18.6 Å². The number of nitrogens with one attached hydrogen (secondary N) is 1. The van der Waals surface area contributed by atoms with Gasteiger partial charge in [0.2, 0.25) is 0 Å². The van der Waals surface area contributed by atoms with E-state index in [1.54, 1.807) is 12.1 Å². The first-order valence-corrected chi connectivity index (χ1v) is 5.43. The smallest absolute Gasteiger partial charge is 0.390 e. The van der Waals surface area contributed by atoms with Crippen LogP contribution in [0.4, 0.5) is 13.2 Å². The molecule has 1 atom stereocenters. The highest BCUT2D eigenvalue weighted by atomic mass is 19.4. The number of rotatable bonds is 6. The number of hydrogen-bond acceptors (Lipinski definition) is 2. The van der Waals surface area contributed by atoms with Gasteiger partial charge in [0.15, 0.2) is 0 Å². The van der Waals surface area contributed by atoms with Crippen LogP contribution in [0.2, 0.25) is 0 Å². The molecular formula is C12H16F3NO. The van der Waals surface area contributed by atoms with Gasteiger partial charge < -0.3 is 10.1 Å². The molecule has 0 aliphatic rings. The Morgan fingerprint density at radius 2 is 1.88 bits per heavy atom. The number of ether oxygens (including phenoxy) is 1. The molecule has 0 amide bonds. The van der Waals surface area contributed by atoms with Gasteiger partial charge in [0.25, 0.3) is 0 Å². The highest BCUT2D eigenvalue weighted by Gasteiger charge is 2.31. The maximum Gasteiger partial charge on any atom is 0.390 e. The van der Waals surface area contributed by atoms with Crippen molar-refractivity contribution in [1.82, 2.24) is 5.32 Å². The van der Waals surface area contributed by atoms with Crippen LogP contribution < -0.4 is 10.1 Å². The van der Waals surface area contributed by atoms with Crippen molar-refractivity contribution in [2.45, 2.75) is 25.1 Å². The lowest BCUT2D eigenvalue weighted by molar-refractivity contribution is -0.140. The molecule has 1 aromatic carbocycles. The SMILES string of the molecule is CNC(CCOc1ccccc1)CC(F)(F)F. The van der Waals surface area contributed by atoms with E-state index in [0.717, 1.165) is 0 Å². The summed E-state index contributed by atoms with van der Waals surface area (Å²) in [6.45, 7) is 0.269. The van der Waals surface area contributed by atoms with E-state index in [0.29, 0.717) is 12.2 Å². The van der Waals surface area contributed by atoms with Gasteiger partial charge in [-0.15, -0.1) is 0 Å². The van der Waals surface area contributed by atoms with Crippen molar-refractivity contribution in [1.29, 1.82) is 0 Å². The van der Waals surface area contributed by atoms with Crippen LogP contribution in [0.5, 0.6) is 5.75 Å². The molecule has 2 nitrogen and oxygen atoms in total. The largest absolute Gasteiger partial charge is 0.494 e. The fourth-order valence-electron chi connectivity index (χ4n) is 1.46. The first kappa shape index (κ1) is 13.8. The predicted molar refractivity (Wildman–Crippen MR) is 60.1 cm³/mol. The minimum absolute atomic E-state index is 0.269. The Balaban J connectivity index is 2.29. The van der Waals surface area contributed by atoms with Crippen LogP contribution in [0, 0.1) is 0 Å². The molecule has 1 unspecified atom stereocenters. The first-order chi connectivity index (χ1) is 8.01. The van der Waals surface area contributed by atoms with E-state index in [-0.39, 0.29) is 6.61 Å². The van der Waals surface area contributed by atoms with Gasteiger partial charge in [-0.25, -0.2) is 0 Å². The Hall–Kier alpha value is -1.23. The molecule has 96 valence electrons. The zero-order valence-electron chi connectivity index (χ0n) is 9.63. The molecule has 0 bridgehead atoms. The maximum atomic E-state index is 12.2. The average Bonchev–Trinajstić information content (AvgIpc) is 2.27. The highest BCUT2D eigenvalue weighted by Crippen LogP contribution is 2.22. The molecule has 0 heterocycles. The molecule has 1 rings (SSSR count). The van der Waals surface area contributed by atoms with Crippen LogP contribution in [0.1, 0.15) is 12.8 Å². The fourth-order valence-corrected chi connectivity index (χ4v) is 1.46. The Kier molecular flexibility index (Phi) is 5.28. The summed E-state index contributed by atoms with van der Waals surface area (Å²) < 4.78 is 41.8. The first-order valence-electron chi connectivity index (χ1n) is 5.43. The number of halogens is 3. The summed E-state index contributed by atoms with van der Waals surface area (Å²) in [6, 6.07) is 8.45. The zero-order valence-corrected chi connectivity index (χ0v) is 9.63. The van der Waals surface area contributed by atoms with Crippen LogP contribution >= 0.6 is 0 Å². The molecule has 0 aliphatic heterocycles. The molecule has 17 heavy (non-hydrogen) atoms. The lowest BCUT2D eigenvalue weighted by Crippen LogP contribution is -2.32. The predicted octanol–water partition coefficient (Wildman–Crippen LogP) is 3.00. The van der Waals surface area contributed by atoms with Crippen molar-refractivity contribution < 1.29 is 17.9 Å². The van der Waals surface area contributed by atoms with Gasteiger partial charge >= 0.3 is 6.18 Å². The number of benzene rings is 1. The normalized spacial score (nSPS) is 13.4. The summed E-state index contributed by atoms with van der Waals surface area (Å²) >= 11 is 0. The summed E-state index contributed by atoms with van der Waals surface area (Å²) in [6.07, 6.45) is -4.65. The van der Waals surface area contributed by atoms with Crippen LogP contribution in [0.3, 0.4) is 0 Å². The lowest BCUT2D eigenvalue weighted by Gasteiger charge is -2.18. The summed E-state index contributed by atoms with van der Waals surface area (Å²) in [5, 5.41) is 2.64. The van der Waals surface area contributed by atoms with Crippen molar-refractivity contribution in [2.24, 2.45) is 0 Å². The topological polar surface area (TPSA) is 21.3 Å². The molecule has 0 saturated carbocycles. The molecule has 0 fully saturated rings. The Morgan fingerprint density at radius 3 is 2.41 bits per heavy atom. The Bertz CT molecular complexity index is 313. The Morgan fingerprint density at radius 1 is 1.24 bits per heavy atom. The minimum Gasteiger partial charge on any atom is -0.494 e. The molecule has 1 N–H and O–H groups in total. The monoisotopic (exact) mass is 247 g/mol. The number of alkyl halides is 3. The van der Waals surface area contributed by atoms with Crippen molar-refractivity contribution in [3.05, 3.63) is 30.3 Å². The molecule has 5 heteroatoms. The summed E-state index contributed by atoms with van der Waals surface area (Å²) in [7, 11) is 1.53. The van der Waals surface area contributed by atoms with Gasteiger partial charge in [0, 0.05) is 6.04 Å². The second-order valence-corrected chi connectivity index (χ2v) is 3.76. The standard InChI is InChI=1S/C12H16F3NO/c1-16-10(9-12(13,14)15)7-8-17-11-5-3-2-4-6-11/h2-6,10,16H,7-9H2,1H3. The third-order valence-corrected chi connectivity index (χ3v) is 2.36. The molecule has 0 aliphatic carbocycles. The second-order valence-electron chi connectivity index (χ2n) is 3.76. The third-order valence-electron chi connectivity index (χ3n) is 2.36.